The van der Waals surface area contributed by atoms with Crippen molar-refractivity contribution in [2.24, 2.45) is 17.8 Å². The normalized spacial score (nSPS) is 36.2. The van der Waals surface area contributed by atoms with Crippen molar-refractivity contribution in [2.75, 3.05) is 6.54 Å². The van der Waals surface area contributed by atoms with Gasteiger partial charge in [-0.15, -0.1) is 0 Å². The molecule has 0 aromatic carbocycles. The van der Waals surface area contributed by atoms with Gasteiger partial charge < -0.3 is 15.5 Å². The van der Waals surface area contributed by atoms with Crippen LogP contribution in [0.3, 0.4) is 0 Å². The second-order valence-corrected chi connectivity index (χ2v) is 6.64. The Hall–Kier alpha value is -1.36. The molecule has 0 aliphatic heterocycles. The van der Waals surface area contributed by atoms with E-state index in [9.17, 15) is 19.8 Å². The zero-order valence-electron chi connectivity index (χ0n) is 12.5. The van der Waals surface area contributed by atoms with Gasteiger partial charge in [0.25, 0.3) is 0 Å². The van der Waals surface area contributed by atoms with E-state index in [1.165, 1.54) is 0 Å². The highest BCUT2D eigenvalue weighted by Gasteiger charge is 2.37. The molecule has 5 nitrogen and oxygen atoms in total. The minimum atomic E-state index is -0.926. The summed E-state index contributed by atoms with van der Waals surface area (Å²) in [6.45, 7) is 2.33. The van der Waals surface area contributed by atoms with E-state index in [0.717, 1.165) is 12.8 Å². The zero-order valence-corrected chi connectivity index (χ0v) is 12.5. The Morgan fingerprint density at radius 2 is 1.95 bits per heavy atom. The second-order valence-electron chi connectivity index (χ2n) is 6.64. The largest absolute Gasteiger partial charge is 0.481 e. The Bertz CT molecular complexity index is 434. The lowest BCUT2D eigenvalue weighted by molar-refractivity contribution is -0.147. The van der Waals surface area contributed by atoms with Gasteiger partial charge in [0.05, 0.1) is 17.4 Å². The van der Waals surface area contributed by atoms with Crippen LogP contribution in [-0.2, 0) is 9.59 Å². The van der Waals surface area contributed by atoms with Crippen molar-refractivity contribution in [1.29, 1.82) is 0 Å². The minimum absolute atomic E-state index is 0.225. The lowest BCUT2D eigenvalue weighted by Gasteiger charge is -2.36. The Balaban J connectivity index is 1.91. The molecule has 21 heavy (non-hydrogen) atoms. The first-order chi connectivity index (χ1) is 9.91. The summed E-state index contributed by atoms with van der Waals surface area (Å²) in [6, 6.07) is 0. The molecule has 4 atom stereocenters. The topological polar surface area (TPSA) is 86.6 Å². The molecule has 1 amide bonds. The van der Waals surface area contributed by atoms with Gasteiger partial charge in [-0.05, 0) is 31.6 Å². The quantitative estimate of drug-likeness (QED) is 0.689. The van der Waals surface area contributed by atoms with Gasteiger partial charge in [0.15, 0.2) is 0 Å². The van der Waals surface area contributed by atoms with E-state index < -0.39 is 23.4 Å². The number of aliphatic carboxylic acids is 1. The summed E-state index contributed by atoms with van der Waals surface area (Å²) in [4.78, 5) is 23.5. The smallest absolute Gasteiger partial charge is 0.307 e. The number of nitrogens with one attached hydrogen (secondary N) is 1. The maximum atomic E-state index is 12.3. The molecule has 0 saturated heterocycles. The van der Waals surface area contributed by atoms with Crippen LogP contribution in [-0.4, -0.2) is 34.2 Å². The summed E-state index contributed by atoms with van der Waals surface area (Å²) in [6.07, 6.45) is 8.01. The molecule has 1 fully saturated rings. The number of carboxylic acids is 1. The third-order valence-electron chi connectivity index (χ3n) is 4.75. The highest BCUT2D eigenvalue weighted by Crippen LogP contribution is 2.32. The van der Waals surface area contributed by atoms with Crippen molar-refractivity contribution in [3.8, 4) is 0 Å². The van der Waals surface area contributed by atoms with E-state index in [0.29, 0.717) is 31.6 Å². The fraction of sp³-hybridized carbons (Fsp3) is 0.750. The molecule has 5 heteroatoms. The average molecular weight is 295 g/mol. The van der Waals surface area contributed by atoms with Crippen molar-refractivity contribution in [3.05, 3.63) is 12.2 Å². The predicted molar refractivity (Wildman–Crippen MR) is 78.6 cm³/mol. The molecule has 0 radical (unpaired) electrons. The van der Waals surface area contributed by atoms with E-state index in [1.54, 1.807) is 0 Å². The number of carbonyl (C=O) groups excluding carboxylic acids is 1. The van der Waals surface area contributed by atoms with Gasteiger partial charge in [0.2, 0.25) is 5.91 Å². The van der Waals surface area contributed by atoms with Crippen molar-refractivity contribution in [2.45, 2.75) is 51.0 Å². The number of aliphatic hydroxyl groups is 1. The molecular formula is C16H25NO4. The molecule has 2 unspecified atom stereocenters. The zero-order chi connectivity index (χ0) is 15.5. The van der Waals surface area contributed by atoms with Gasteiger partial charge in [-0.1, -0.05) is 31.9 Å². The van der Waals surface area contributed by atoms with Crippen LogP contribution in [0.1, 0.15) is 45.4 Å². The van der Waals surface area contributed by atoms with Crippen LogP contribution in [0.4, 0.5) is 0 Å². The molecule has 2 aliphatic rings. The van der Waals surface area contributed by atoms with Gasteiger partial charge in [0, 0.05) is 6.54 Å². The highest BCUT2D eigenvalue weighted by atomic mass is 16.4. The maximum absolute atomic E-state index is 12.3. The fourth-order valence-corrected chi connectivity index (χ4v) is 3.55. The third-order valence-corrected chi connectivity index (χ3v) is 4.75. The number of rotatable bonds is 4. The Morgan fingerprint density at radius 1 is 1.29 bits per heavy atom. The van der Waals surface area contributed by atoms with Crippen molar-refractivity contribution in [1.82, 2.24) is 5.32 Å². The first-order valence-corrected chi connectivity index (χ1v) is 7.79. The van der Waals surface area contributed by atoms with Crippen LogP contribution in [0.25, 0.3) is 0 Å². The Labute approximate surface area is 125 Å². The summed E-state index contributed by atoms with van der Waals surface area (Å²) in [7, 11) is 0. The molecular weight excluding hydrogens is 270 g/mol. The Kier molecular flexibility index (Phi) is 5.04. The first kappa shape index (κ1) is 16.0. The molecule has 0 bridgehead atoms. The number of amides is 1. The molecule has 0 spiro atoms. The molecule has 3 N–H and O–H groups in total. The van der Waals surface area contributed by atoms with Crippen LogP contribution in [0, 0.1) is 17.8 Å². The van der Waals surface area contributed by atoms with Crippen LogP contribution in [0.2, 0.25) is 0 Å². The standard InChI is InChI=1S/C16H25NO4/c1-11-5-4-8-16(21,9-11)10-17-14(18)12-6-2-3-7-13(12)15(19)20/h2-3,11-13,21H,4-10H2,1H3,(H,17,18)(H,19,20)/t11?,12-,13+,16?/m1/s1. The molecule has 0 aromatic heterocycles. The van der Waals surface area contributed by atoms with E-state index in [-0.39, 0.29) is 12.5 Å². The molecule has 2 aliphatic carbocycles. The van der Waals surface area contributed by atoms with Gasteiger partial charge in [-0.3, -0.25) is 9.59 Å². The number of carboxylic acid groups (broad SMARTS) is 1. The van der Waals surface area contributed by atoms with Crippen molar-refractivity contribution in [3.63, 3.8) is 0 Å². The monoisotopic (exact) mass is 295 g/mol. The summed E-state index contributed by atoms with van der Waals surface area (Å²) in [5, 5.41) is 22.5. The highest BCUT2D eigenvalue weighted by molar-refractivity contribution is 5.85. The number of hydrogen-bond acceptors (Lipinski definition) is 3. The third kappa shape index (κ3) is 4.06. The van der Waals surface area contributed by atoms with Gasteiger partial charge >= 0.3 is 5.97 Å². The fourth-order valence-electron chi connectivity index (χ4n) is 3.55. The van der Waals surface area contributed by atoms with E-state index in [4.69, 9.17) is 0 Å². The second kappa shape index (κ2) is 6.60. The van der Waals surface area contributed by atoms with E-state index >= 15 is 0 Å². The number of carbonyl (C=O) groups is 2. The van der Waals surface area contributed by atoms with E-state index in [1.807, 2.05) is 12.2 Å². The minimum Gasteiger partial charge on any atom is -0.481 e. The van der Waals surface area contributed by atoms with Gasteiger partial charge in [-0.2, -0.15) is 0 Å². The predicted octanol–water partition coefficient (Wildman–Crippen LogP) is 1.71. The van der Waals surface area contributed by atoms with Crippen LogP contribution in [0.5, 0.6) is 0 Å². The van der Waals surface area contributed by atoms with Gasteiger partial charge in [0.1, 0.15) is 0 Å². The maximum Gasteiger partial charge on any atom is 0.307 e. The summed E-state index contributed by atoms with van der Waals surface area (Å²) in [5.74, 6) is -1.90. The molecule has 1 saturated carbocycles. The molecule has 2 rings (SSSR count). The Morgan fingerprint density at radius 3 is 2.57 bits per heavy atom. The number of allylic oxidation sites excluding steroid dienone is 2. The molecule has 118 valence electrons. The first-order valence-electron chi connectivity index (χ1n) is 7.79. The SMILES string of the molecule is CC1CCCC(O)(CNC(=O)[C@@H]2CC=CC[C@@H]2C(=O)O)C1. The van der Waals surface area contributed by atoms with Gasteiger partial charge in [-0.25, -0.2) is 0 Å². The summed E-state index contributed by atoms with van der Waals surface area (Å²) >= 11 is 0. The van der Waals surface area contributed by atoms with Crippen LogP contribution >= 0.6 is 0 Å². The summed E-state index contributed by atoms with van der Waals surface area (Å²) < 4.78 is 0. The van der Waals surface area contributed by atoms with Crippen molar-refractivity contribution < 1.29 is 19.8 Å². The van der Waals surface area contributed by atoms with Crippen LogP contribution < -0.4 is 5.32 Å². The average Bonchev–Trinajstić information content (AvgIpc) is 2.44. The van der Waals surface area contributed by atoms with Crippen molar-refractivity contribution >= 4 is 11.9 Å². The summed E-state index contributed by atoms with van der Waals surface area (Å²) in [5.41, 5.74) is -0.837. The molecule has 0 aromatic rings. The lowest BCUT2D eigenvalue weighted by atomic mass is 9.78. The van der Waals surface area contributed by atoms with E-state index in [2.05, 4.69) is 12.2 Å². The van der Waals surface area contributed by atoms with Crippen LogP contribution in [0.15, 0.2) is 12.2 Å². The molecule has 0 heterocycles. The lowest BCUT2D eigenvalue weighted by Crippen LogP contribution is -2.48. The number of hydrogen-bond donors (Lipinski definition) is 3.